The molecule has 1 atom stereocenters. The maximum Gasteiger partial charge on any atom is 0.254 e. The molecule has 0 aliphatic carbocycles. The normalized spacial score (nSPS) is 16.3. The Morgan fingerprint density at radius 3 is 2.68 bits per heavy atom. The fourth-order valence-corrected chi connectivity index (χ4v) is 4.78. The first-order valence-corrected chi connectivity index (χ1v) is 10.5. The first-order valence-electron chi connectivity index (χ1n) is 9.66. The van der Waals surface area contributed by atoms with Crippen LogP contribution in [0.5, 0.6) is 5.75 Å². The predicted octanol–water partition coefficient (Wildman–Crippen LogP) is 3.69. The lowest BCUT2D eigenvalue weighted by molar-refractivity contribution is 0.0582. The van der Waals surface area contributed by atoms with E-state index in [9.17, 15) is 4.79 Å². The molecule has 0 bridgehead atoms. The Balaban J connectivity index is 1.34. The monoisotopic (exact) mass is 395 g/mol. The molecule has 0 N–H and O–H groups in total. The summed E-state index contributed by atoms with van der Waals surface area (Å²) in [6, 6.07) is 16.1. The minimum absolute atomic E-state index is 0.0809. The van der Waals surface area contributed by atoms with E-state index in [0.29, 0.717) is 17.4 Å². The van der Waals surface area contributed by atoms with Gasteiger partial charge in [0.15, 0.2) is 0 Å². The van der Waals surface area contributed by atoms with Crippen molar-refractivity contribution in [3.8, 4) is 5.75 Å². The summed E-state index contributed by atoms with van der Waals surface area (Å²) in [6.07, 6.45) is 0.948. The molecule has 5 nitrogen and oxygen atoms in total. The summed E-state index contributed by atoms with van der Waals surface area (Å²) < 4.78 is 6.48. The SMILES string of the molecule is COc1cccc(C(=O)N2CCN([C@@H](C)Cc3nc4ccccc4s3)CC2)c1. The molecular weight excluding hydrogens is 370 g/mol. The third kappa shape index (κ3) is 4.03. The quantitative estimate of drug-likeness (QED) is 0.661. The second kappa shape index (κ2) is 8.29. The predicted molar refractivity (Wildman–Crippen MR) is 113 cm³/mol. The van der Waals surface area contributed by atoms with Crippen LogP contribution in [0.2, 0.25) is 0 Å². The van der Waals surface area contributed by atoms with E-state index in [4.69, 9.17) is 9.72 Å². The van der Waals surface area contributed by atoms with Gasteiger partial charge in [0.2, 0.25) is 0 Å². The summed E-state index contributed by atoms with van der Waals surface area (Å²) in [7, 11) is 1.62. The number of hydrogen-bond acceptors (Lipinski definition) is 5. The highest BCUT2D eigenvalue weighted by Crippen LogP contribution is 2.24. The number of ether oxygens (including phenoxy) is 1. The highest BCUT2D eigenvalue weighted by Gasteiger charge is 2.25. The molecular formula is C22H25N3O2S. The van der Waals surface area contributed by atoms with Crippen molar-refractivity contribution in [2.45, 2.75) is 19.4 Å². The van der Waals surface area contributed by atoms with Crippen LogP contribution in [0.3, 0.4) is 0 Å². The number of piperazine rings is 1. The highest BCUT2D eigenvalue weighted by atomic mass is 32.1. The smallest absolute Gasteiger partial charge is 0.254 e. The van der Waals surface area contributed by atoms with Gasteiger partial charge in [-0.05, 0) is 37.3 Å². The lowest BCUT2D eigenvalue weighted by atomic mass is 10.1. The van der Waals surface area contributed by atoms with Crippen LogP contribution in [0, 0.1) is 0 Å². The Morgan fingerprint density at radius 1 is 1.14 bits per heavy atom. The van der Waals surface area contributed by atoms with Gasteiger partial charge in [0, 0.05) is 44.2 Å². The number of fused-ring (bicyclic) bond motifs is 1. The molecule has 0 spiro atoms. The van der Waals surface area contributed by atoms with E-state index in [1.54, 1.807) is 18.4 Å². The van der Waals surface area contributed by atoms with Gasteiger partial charge >= 0.3 is 0 Å². The van der Waals surface area contributed by atoms with E-state index < -0.39 is 0 Å². The van der Waals surface area contributed by atoms with Gasteiger partial charge in [-0.2, -0.15) is 0 Å². The van der Waals surface area contributed by atoms with Gasteiger partial charge in [0.25, 0.3) is 5.91 Å². The average molecular weight is 396 g/mol. The van der Waals surface area contributed by atoms with Gasteiger partial charge < -0.3 is 9.64 Å². The van der Waals surface area contributed by atoms with Crippen molar-refractivity contribution in [2.24, 2.45) is 0 Å². The summed E-state index contributed by atoms with van der Waals surface area (Å²) in [4.78, 5) is 21.9. The second-order valence-corrected chi connectivity index (χ2v) is 8.30. The molecule has 2 aromatic carbocycles. The summed E-state index contributed by atoms with van der Waals surface area (Å²) in [5.74, 6) is 0.798. The van der Waals surface area contributed by atoms with Gasteiger partial charge in [0.1, 0.15) is 5.75 Å². The summed E-state index contributed by atoms with van der Waals surface area (Å²) in [6.45, 7) is 5.54. The maximum absolute atomic E-state index is 12.8. The molecule has 28 heavy (non-hydrogen) atoms. The topological polar surface area (TPSA) is 45.7 Å². The Labute approximate surface area is 169 Å². The van der Waals surface area contributed by atoms with Crippen LogP contribution in [0.15, 0.2) is 48.5 Å². The summed E-state index contributed by atoms with van der Waals surface area (Å²) in [5, 5.41) is 1.18. The number of thiazole rings is 1. The molecule has 146 valence electrons. The molecule has 4 rings (SSSR count). The van der Waals surface area contributed by atoms with Crippen LogP contribution >= 0.6 is 11.3 Å². The zero-order valence-electron chi connectivity index (χ0n) is 16.3. The Kier molecular flexibility index (Phi) is 5.59. The molecule has 1 aromatic heterocycles. The van der Waals surface area contributed by atoms with E-state index in [1.165, 1.54) is 9.71 Å². The van der Waals surface area contributed by atoms with Crippen molar-refractivity contribution in [1.29, 1.82) is 0 Å². The zero-order chi connectivity index (χ0) is 19.5. The average Bonchev–Trinajstić information content (AvgIpc) is 3.15. The minimum atomic E-state index is 0.0809. The Bertz CT molecular complexity index is 930. The van der Waals surface area contributed by atoms with Gasteiger partial charge in [0.05, 0.1) is 22.3 Å². The van der Waals surface area contributed by atoms with Gasteiger partial charge in [-0.25, -0.2) is 4.98 Å². The lowest BCUT2D eigenvalue weighted by Crippen LogP contribution is -2.51. The lowest BCUT2D eigenvalue weighted by Gasteiger charge is -2.38. The number of aromatic nitrogens is 1. The van der Waals surface area contributed by atoms with Gasteiger partial charge in [-0.1, -0.05) is 18.2 Å². The molecule has 1 amide bonds. The molecule has 1 saturated heterocycles. The van der Waals surface area contributed by atoms with Crippen LogP contribution in [-0.2, 0) is 6.42 Å². The van der Waals surface area contributed by atoms with E-state index in [0.717, 1.165) is 38.1 Å². The second-order valence-electron chi connectivity index (χ2n) is 7.19. The number of methoxy groups -OCH3 is 1. The number of hydrogen-bond donors (Lipinski definition) is 0. The van der Waals surface area contributed by atoms with Crippen molar-refractivity contribution >= 4 is 27.5 Å². The molecule has 0 unspecified atom stereocenters. The van der Waals surface area contributed by atoms with E-state index >= 15 is 0 Å². The van der Waals surface area contributed by atoms with Crippen molar-refractivity contribution in [2.75, 3.05) is 33.3 Å². The van der Waals surface area contributed by atoms with Gasteiger partial charge in [-0.15, -0.1) is 11.3 Å². The van der Waals surface area contributed by atoms with Gasteiger partial charge in [-0.3, -0.25) is 9.69 Å². The first kappa shape index (κ1) is 18.9. The molecule has 1 fully saturated rings. The zero-order valence-corrected chi connectivity index (χ0v) is 17.1. The van der Waals surface area contributed by atoms with E-state index in [2.05, 4.69) is 30.0 Å². The molecule has 6 heteroatoms. The van der Waals surface area contributed by atoms with Crippen molar-refractivity contribution in [3.05, 3.63) is 59.1 Å². The number of para-hydroxylation sites is 1. The first-order chi connectivity index (χ1) is 13.6. The molecule has 0 radical (unpaired) electrons. The van der Waals surface area contributed by atoms with Crippen LogP contribution in [0.4, 0.5) is 0 Å². The molecule has 2 heterocycles. The van der Waals surface area contributed by atoms with Crippen molar-refractivity contribution in [3.63, 3.8) is 0 Å². The Hall–Kier alpha value is -2.44. The molecule has 1 aliphatic rings. The minimum Gasteiger partial charge on any atom is -0.497 e. The maximum atomic E-state index is 12.8. The number of rotatable bonds is 5. The third-order valence-corrected chi connectivity index (χ3v) is 6.41. The number of carbonyl (C=O) groups is 1. The van der Waals surface area contributed by atoms with E-state index in [1.807, 2.05) is 35.2 Å². The van der Waals surface area contributed by atoms with Crippen molar-refractivity contribution < 1.29 is 9.53 Å². The fourth-order valence-electron chi connectivity index (χ4n) is 3.69. The summed E-state index contributed by atoms with van der Waals surface area (Å²) >= 11 is 1.78. The standard InChI is InChI=1S/C22H25N3O2S/c1-16(14-21-23-19-8-3-4-9-20(19)28-21)24-10-12-25(13-11-24)22(26)17-6-5-7-18(15-17)27-2/h3-9,15-16H,10-14H2,1-2H3/t16-/m0/s1. The number of carbonyl (C=O) groups excluding carboxylic acids is 1. The van der Waals surface area contributed by atoms with Crippen LogP contribution in [-0.4, -0.2) is 60.0 Å². The molecule has 0 saturated carbocycles. The third-order valence-electron chi connectivity index (χ3n) is 5.35. The highest BCUT2D eigenvalue weighted by molar-refractivity contribution is 7.18. The van der Waals surface area contributed by atoms with Crippen LogP contribution < -0.4 is 4.74 Å². The summed E-state index contributed by atoms with van der Waals surface area (Å²) in [5.41, 5.74) is 1.78. The van der Waals surface area contributed by atoms with Crippen LogP contribution in [0.1, 0.15) is 22.3 Å². The largest absolute Gasteiger partial charge is 0.497 e. The van der Waals surface area contributed by atoms with Crippen LogP contribution in [0.25, 0.3) is 10.2 Å². The fraction of sp³-hybridized carbons (Fsp3) is 0.364. The molecule has 1 aliphatic heterocycles. The van der Waals surface area contributed by atoms with Crippen molar-refractivity contribution in [1.82, 2.24) is 14.8 Å². The molecule has 3 aromatic rings. The Morgan fingerprint density at radius 2 is 1.93 bits per heavy atom. The number of nitrogens with zero attached hydrogens (tertiary/aromatic N) is 3. The number of amides is 1. The number of benzene rings is 2. The van der Waals surface area contributed by atoms with E-state index in [-0.39, 0.29) is 5.91 Å².